The average molecular weight is 215 g/mol. The Morgan fingerprint density at radius 2 is 1.87 bits per heavy atom. The Morgan fingerprint density at radius 1 is 1.27 bits per heavy atom. The third kappa shape index (κ3) is 8.24. The van der Waals surface area contributed by atoms with Crippen molar-refractivity contribution in [3.8, 4) is 0 Å². The molecule has 0 aliphatic rings. The number of likely N-dealkylation sites (N-methyl/N-ethyl adjacent to an activating group) is 1. The fraction of sp³-hybridized carbons (Fsp3) is 0.909. The standard InChI is InChI=1S/C11H25N3O/c1-9(2)8-13-11(15)14(5)7-6-12-10(3)4/h9-10,12H,6-8H2,1-5H3,(H,13,15). The molecule has 0 spiro atoms. The number of carbonyl (C=O) groups is 1. The molecule has 0 radical (unpaired) electrons. The normalized spacial score (nSPS) is 10.9. The highest BCUT2D eigenvalue weighted by Gasteiger charge is 2.07. The fourth-order valence-electron chi connectivity index (χ4n) is 1.05. The van der Waals surface area contributed by atoms with Crippen molar-refractivity contribution >= 4 is 6.03 Å². The van der Waals surface area contributed by atoms with E-state index < -0.39 is 0 Å². The third-order valence-electron chi connectivity index (χ3n) is 2.01. The van der Waals surface area contributed by atoms with Gasteiger partial charge < -0.3 is 15.5 Å². The summed E-state index contributed by atoms with van der Waals surface area (Å²) in [6.07, 6.45) is 0. The van der Waals surface area contributed by atoms with Gasteiger partial charge in [-0.15, -0.1) is 0 Å². The molecular formula is C11H25N3O. The monoisotopic (exact) mass is 215 g/mol. The predicted octanol–water partition coefficient (Wildman–Crippen LogP) is 1.28. The molecule has 15 heavy (non-hydrogen) atoms. The lowest BCUT2D eigenvalue weighted by molar-refractivity contribution is 0.207. The molecule has 0 aromatic heterocycles. The van der Waals surface area contributed by atoms with E-state index in [2.05, 4.69) is 38.3 Å². The Morgan fingerprint density at radius 3 is 2.33 bits per heavy atom. The number of nitrogens with one attached hydrogen (secondary N) is 2. The summed E-state index contributed by atoms with van der Waals surface area (Å²) >= 11 is 0. The molecule has 90 valence electrons. The maximum Gasteiger partial charge on any atom is 0.317 e. The number of carbonyl (C=O) groups excluding carboxylic acids is 1. The summed E-state index contributed by atoms with van der Waals surface area (Å²) in [5.41, 5.74) is 0. The van der Waals surface area contributed by atoms with Crippen LogP contribution >= 0.6 is 0 Å². The van der Waals surface area contributed by atoms with Crippen molar-refractivity contribution in [2.24, 2.45) is 5.92 Å². The van der Waals surface area contributed by atoms with Crippen LogP contribution in [0.1, 0.15) is 27.7 Å². The zero-order valence-corrected chi connectivity index (χ0v) is 10.6. The van der Waals surface area contributed by atoms with Crippen LogP contribution < -0.4 is 10.6 Å². The van der Waals surface area contributed by atoms with E-state index in [1.54, 1.807) is 4.90 Å². The zero-order chi connectivity index (χ0) is 11.8. The van der Waals surface area contributed by atoms with Crippen molar-refractivity contribution in [2.75, 3.05) is 26.7 Å². The summed E-state index contributed by atoms with van der Waals surface area (Å²) in [6.45, 7) is 10.7. The summed E-state index contributed by atoms with van der Waals surface area (Å²) in [4.78, 5) is 13.2. The highest BCUT2D eigenvalue weighted by Crippen LogP contribution is 1.89. The van der Waals surface area contributed by atoms with Gasteiger partial charge in [-0.05, 0) is 5.92 Å². The van der Waals surface area contributed by atoms with Crippen molar-refractivity contribution in [1.82, 2.24) is 15.5 Å². The first-order valence-electron chi connectivity index (χ1n) is 5.65. The summed E-state index contributed by atoms with van der Waals surface area (Å²) in [7, 11) is 1.82. The van der Waals surface area contributed by atoms with E-state index >= 15 is 0 Å². The smallest absolute Gasteiger partial charge is 0.317 e. The number of amides is 2. The average Bonchev–Trinajstić information content (AvgIpc) is 2.13. The molecule has 0 unspecified atom stereocenters. The fourth-order valence-corrected chi connectivity index (χ4v) is 1.05. The molecule has 0 atom stereocenters. The largest absolute Gasteiger partial charge is 0.338 e. The highest BCUT2D eigenvalue weighted by molar-refractivity contribution is 5.73. The van der Waals surface area contributed by atoms with Gasteiger partial charge in [0, 0.05) is 32.7 Å². The van der Waals surface area contributed by atoms with Crippen LogP contribution in [0.15, 0.2) is 0 Å². The lowest BCUT2D eigenvalue weighted by Crippen LogP contribution is -2.42. The van der Waals surface area contributed by atoms with Crippen LogP contribution in [0.25, 0.3) is 0 Å². The highest BCUT2D eigenvalue weighted by atomic mass is 16.2. The summed E-state index contributed by atoms with van der Waals surface area (Å²) in [5.74, 6) is 0.496. The Labute approximate surface area is 93.4 Å². The van der Waals surface area contributed by atoms with Crippen LogP contribution in [0, 0.1) is 5.92 Å². The van der Waals surface area contributed by atoms with Gasteiger partial charge in [0.05, 0.1) is 0 Å². The van der Waals surface area contributed by atoms with Crippen molar-refractivity contribution in [3.05, 3.63) is 0 Å². The Balaban J connectivity index is 3.60. The van der Waals surface area contributed by atoms with Crippen LogP contribution in [-0.4, -0.2) is 43.7 Å². The first-order chi connectivity index (χ1) is 6.93. The minimum absolute atomic E-state index is 0.00857. The first-order valence-corrected chi connectivity index (χ1v) is 5.65. The summed E-state index contributed by atoms with van der Waals surface area (Å²) in [6, 6.07) is 0.478. The molecule has 0 saturated heterocycles. The molecule has 0 heterocycles. The third-order valence-corrected chi connectivity index (χ3v) is 2.01. The molecule has 0 aliphatic heterocycles. The van der Waals surface area contributed by atoms with E-state index in [0.717, 1.165) is 19.6 Å². The van der Waals surface area contributed by atoms with Crippen molar-refractivity contribution in [2.45, 2.75) is 33.7 Å². The van der Waals surface area contributed by atoms with E-state index in [-0.39, 0.29) is 6.03 Å². The van der Waals surface area contributed by atoms with Gasteiger partial charge in [0.1, 0.15) is 0 Å². The Kier molecular flexibility index (Phi) is 7.13. The molecule has 0 aromatic rings. The Hall–Kier alpha value is -0.770. The van der Waals surface area contributed by atoms with E-state index in [9.17, 15) is 4.79 Å². The van der Waals surface area contributed by atoms with Crippen molar-refractivity contribution in [3.63, 3.8) is 0 Å². The number of hydrogen-bond acceptors (Lipinski definition) is 2. The molecule has 2 amide bonds. The number of rotatable bonds is 6. The number of hydrogen-bond donors (Lipinski definition) is 2. The molecule has 0 aliphatic carbocycles. The van der Waals surface area contributed by atoms with Gasteiger partial charge in [-0.3, -0.25) is 0 Å². The molecule has 0 aromatic carbocycles. The lowest BCUT2D eigenvalue weighted by Gasteiger charge is -2.19. The van der Waals surface area contributed by atoms with Crippen LogP contribution in [0.5, 0.6) is 0 Å². The van der Waals surface area contributed by atoms with E-state index in [1.165, 1.54) is 0 Å². The summed E-state index contributed by atoms with van der Waals surface area (Å²) in [5, 5.41) is 6.15. The molecule has 0 rings (SSSR count). The minimum Gasteiger partial charge on any atom is -0.338 e. The van der Waals surface area contributed by atoms with Crippen LogP contribution in [-0.2, 0) is 0 Å². The maximum absolute atomic E-state index is 11.5. The van der Waals surface area contributed by atoms with Crippen LogP contribution in [0.2, 0.25) is 0 Å². The van der Waals surface area contributed by atoms with E-state index in [1.807, 2.05) is 7.05 Å². The summed E-state index contributed by atoms with van der Waals surface area (Å²) < 4.78 is 0. The second kappa shape index (κ2) is 7.51. The van der Waals surface area contributed by atoms with E-state index in [0.29, 0.717) is 12.0 Å². The first kappa shape index (κ1) is 14.2. The van der Waals surface area contributed by atoms with Gasteiger partial charge in [0.2, 0.25) is 0 Å². The van der Waals surface area contributed by atoms with Crippen LogP contribution in [0.3, 0.4) is 0 Å². The Bertz CT molecular complexity index is 181. The van der Waals surface area contributed by atoms with Gasteiger partial charge in [-0.1, -0.05) is 27.7 Å². The van der Waals surface area contributed by atoms with Crippen LogP contribution in [0.4, 0.5) is 4.79 Å². The maximum atomic E-state index is 11.5. The van der Waals surface area contributed by atoms with E-state index in [4.69, 9.17) is 0 Å². The van der Waals surface area contributed by atoms with Gasteiger partial charge >= 0.3 is 6.03 Å². The molecular weight excluding hydrogens is 190 g/mol. The van der Waals surface area contributed by atoms with Crippen molar-refractivity contribution < 1.29 is 4.79 Å². The van der Waals surface area contributed by atoms with Gasteiger partial charge in [0.25, 0.3) is 0 Å². The SMILES string of the molecule is CC(C)CNC(=O)N(C)CCNC(C)C. The predicted molar refractivity (Wildman–Crippen MR) is 64.0 cm³/mol. The van der Waals surface area contributed by atoms with Gasteiger partial charge in [0.15, 0.2) is 0 Å². The molecule has 0 saturated carbocycles. The minimum atomic E-state index is 0.00857. The van der Waals surface area contributed by atoms with Gasteiger partial charge in [-0.2, -0.15) is 0 Å². The lowest BCUT2D eigenvalue weighted by atomic mass is 10.2. The topological polar surface area (TPSA) is 44.4 Å². The molecule has 0 fully saturated rings. The molecule has 4 nitrogen and oxygen atoms in total. The van der Waals surface area contributed by atoms with Gasteiger partial charge in [-0.25, -0.2) is 4.79 Å². The second-order valence-corrected chi connectivity index (χ2v) is 4.61. The number of urea groups is 1. The molecule has 2 N–H and O–H groups in total. The molecule has 0 bridgehead atoms. The van der Waals surface area contributed by atoms with Crippen molar-refractivity contribution in [1.29, 1.82) is 0 Å². The number of nitrogens with zero attached hydrogens (tertiary/aromatic N) is 1. The zero-order valence-electron chi connectivity index (χ0n) is 10.6. The molecule has 4 heteroatoms. The quantitative estimate of drug-likeness (QED) is 0.701. The second-order valence-electron chi connectivity index (χ2n) is 4.61.